The van der Waals surface area contributed by atoms with Gasteiger partial charge in [0.15, 0.2) is 15.0 Å². The topological polar surface area (TPSA) is 76.0 Å². The number of hydrogen-bond acceptors (Lipinski definition) is 5. The van der Waals surface area contributed by atoms with Crippen LogP contribution in [0.1, 0.15) is 11.1 Å². The molecule has 9 heteroatoms. The predicted octanol–water partition coefficient (Wildman–Crippen LogP) is 3.50. The molecule has 4 rings (SSSR count). The van der Waals surface area contributed by atoms with E-state index >= 15 is 0 Å². The molecule has 0 aliphatic carbocycles. The lowest BCUT2D eigenvalue weighted by Crippen LogP contribution is -2.38. The predicted molar refractivity (Wildman–Crippen MR) is 122 cm³/mol. The number of fused-ring (bicyclic) bond motifs is 1. The molecule has 2 aliphatic heterocycles. The maximum atomic E-state index is 12.8. The second kappa shape index (κ2) is 8.24. The lowest BCUT2D eigenvalue weighted by molar-refractivity contribution is -0.117. The molecule has 0 unspecified atom stereocenters. The lowest BCUT2D eigenvalue weighted by Gasteiger charge is -2.26. The molecule has 2 aromatic rings. The maximum absolute atomic E-state index is 12.8. The number of aryl methyl sites for hydroxylation is 1. The number of ether oxygens (including phenoxy) is 1. The van der Waals surface area contributed by atoms with Crippen molar-refractivity contribution in [2.75, 3.05) is 23.5 Å². The van der Waals surface area contributed by atoms with E-state index in [4.69, 9.17) is 16.3 Å². The molecule has 2 aromatic carbocycles. The first-order valence-corrected chi connectivity index (χ1v) is 12.5. The number of benzene rings is 2. The van der Waals surface area contributed by atoms with Crippen LogP contribution in [0, 0.1) is 6.92 Å². The van der Waals surface area contributed by atoms with Gasteiger partial charge in [0.25, 0.3) is 5.91 Å². The van der Waals surface area contributed by atoms with E-state index in [2.05, 4.69) is 4.99 Å². The number of thioether (sulfide) groups is 1. The Kier molecular flexibility index (Phi) is 5.83. The number of carbonyl (C=O) groups is 1. The first kappa shape index (κ1) is 21.2. The van der Waals surface area contributed by atoms with Gasteiger partial charge in [0.05, 0.1) is 31.1 Å². The monoisotopic (exact) mass is 464 g/mol. The Morgan fingerprint density at radius 1 is 1.27 bits per heavy atom. The van der Waals surface area contributed by atoms with Gasteiger partial charge in [0, 0.05) is 21.5 Å². The Balaban J connectivity index is 1.69. The summed E-state index contributed by atoms with van der Waals surface area (Å²) in [6.07, 6.45) is 0.101. The summed E-state index contributed by atoms with van der Waals surface area (Å²) in [6, 6.07) is 12.5. The van der Waals surface area contributed by atoms with Gasteiger partial charge >= 0.3 is 0 Å². The van der Waals surface area contributed by atoms with E-state index in [9.17, 15) is 13.2 Å². The minimum Gasteiger partial charge on any atom is -0.496 e. The number of halogens is 1. The molecule has 6 nitrogen and oxygen atoms in total. The van der Waals surface area contributed by atoms with Gasteiger partial charge in [-0.05, 0) is 30.7 Å². The number of para-hydroxylation sites is 1. The third-order valence-electron chi connectivity index (χ3n) is 5.25. The van der Waals surface area contributed by atoms with Crippen LogP contribution >= 0.6 is 23.4 Å². The molecular weight excluding hydrogens is 444 g/mol. The Hall–Kier alpha value is -2.03. The normalized spacial score (nSPS) is 23.6. The van der Waals surface area contributed by atoms with Crippen LogP contribution in [0.25, 0.3) is 0 Å². The van der Waals surface area contributed by atoms with E-state index in [0.29, 0.717) is 15.9 Å². The van der Waals surface area contributed by atoms with Crippen LogP contribution in [-0.2, 0) is 21.1 Å². The molecule has 30 heavy (non-hydrogen) atoms. The Bertz CT molecular complexity index is 1130. The van der Waals surface area contributed by atoms with Crippen molar-refractivity contribution in [2.24, 2.45) is 4.99 Å². The average molecular weight is 465 g/mol. The van der Waals surface area contributed by atoms with E-state index in [-0.39, 0.29) is 35.1 Å². The average Bonchev–Trinajstić information content (AvgIpc) is 3.15. The number of aliphatic imine (C=N–C) groups is 1. The first-order valence-electron chi connectivity index (χ1n) is 9.43. The van der Waals surface area contributed by atoms with Crippen molar-refractivity contribution in [3.8, 4) is 5.75 Å². The number of carbonyl (C=O) groups excluding carboxylic acids is 1. The molecule has 2 fully saturated rings. The fourth-order valence-corrected chi connectivity index (χ4v) is 7.94. The summed E-state index contributed by atoms with van der Waals surface area (Å²) in [7, 11) is -1.57. The van der Waals surface area contributed by atoms with Gasteiger partial charge in [-0.1, -0.05) is 47.6 Å². The van der Waals surface area contributed by atoms with Crippen LogP contribution in [0.2, 0.25) is 5.02 Å². The second-order valence-corrected chi connectivity index (χ2v) is 11.2. The van der Waals surface area contributed by atoms with Gasteiger partial charge in [-0.15, -0.1) is 0 Å². The zero-order valence-electron chi connectivity index (χ0n) is 16.5. The molecule has 2 aliphatic rings. The zero-order valence-corrected chi connectivity index (χ0v) is 18.9. The van der Waals surface area contributed by atoms with Crippen molar-refractivity contribution < 1.29 is 17.9 Å². The maximum Gasteiger partial charge on any atom is 0.252 e. The van der Waals surface area contributed by atoms with E-state index in [1.165, 1.54) is 11.8 Å². The first-order chi connectivity index (χ1) is 14.3. The number of amidine groups is 1. The van der Waals surface area contributed by atoms with Gasteiger partial charge in [-0.25, -0.2) is 8.42 Å². The van der Waals surface area contributed by atoms with Crippen LogP contribution in [-0.4, -0.2) is 49.4 Å². The summed E-state index contributed by atoms with van der Waals surface area (Å²) in [5.41, 5.74) is 2.48. The lowest BCUT2D eigenvalue weighted by atomic mass is 10.1. The summed E-state index contributed by atoms with van der Waals surface area (Å²) in [5.74, 6) is 0.444. The van der Waals surface area contributed by atoms with E-state index in [0.717, 1.165) is 16.8 Å². The van der Waals surface area contributed by atoms with Crippen molar-refractivity contribution in [3.05, 3.63) is 58.6 Å². The largest absolute Gasteiger partial charge is 0.496 e. The summed E-state index contributed by atoms with van der Waals surface area (Å²) in [4.78, 5) is 19.0. The summed E-state index contributed by atoms with van der Waals surface area (Å²) in [5, 5.41) is 0.904. The highest BCUT2D eigenvalue weighted by Crippen LogP contribution is 2.42. The highest BCUT2D eigenvalue weighted by Gasteiger charge is 2.49. The van der Waals surface area contributed by atoms with E-state index in [1.807, 2.05) is 36.1 Å². The third-order valence-corrected chi connectivity index (χ3v) is 8.70. The van der Waals surface area contributed by atoms with Gasteiger partial charge in [0.2, 0.25) is 0 Å². The quantitative estimate of drug-likeness (QED) is 0.689. The van der Waals surface area contributed by atoms with Crippen LogP contribution < -0.4 is 9.64 Å². The number of sulfone groups is 1. The highest BCUT2D eigenvalue weighted by atomic mass is 35.5. The van der Waals surface area contributed by atoms with Gasteiger partial charge in [-0.2, -0.15) is 4.99 Å². The summed E-state index contributed by atoms with van der Waals surface area (Å²) >= 11 is 7.57. The van der Waals surface area contributed by atoms with Crippen molar-refractivity contribution in [1.82, 2.24) is 0 Å². The number of amides is 1. The van der Waals surface area contributed by atoms with E-state index < -0.39 is 9.84 Å². The molecule has 0 bridgehead atoms. The fraction of sp³-hybridized carbons (Fsp3) is 0.333. The summed E-state index contributed by atoms with van der Waals surface area (Å²) < 4.78 is 29.8. The SMILES string of the molecule is COc1ccccc1CC(=O)N=C1S[C@@H]2CS(=O)(=O)C[C@@H]2N1c1cc(Cl)ccc1C. The molecule has 1 amide bonds. The van der Waals surface area contributed by atoms with Crippen LogP contribution in [0.5, 0.6) is 5.75 Å². The number of hydrogen-bond donors (Lipinski definition) is 0. The summed E-state index contributed by atoms with van der Waals surface area (Å²) in [6.45, 7) is 1.93. The molecule has 0 radical (unpaired) electrons. The van der Waals surface area contributed by atoms with Crippen molar-refractivity contribution in [1.29, 1.82) is 0 Å². The Morgan fingerprint density at radius 3 is 2.80 bits per heavy atom. The van der Waals surface area contributed by atoms with Crippen molar-refractivity contribution in [2.45, 2.75) is 24.6 Å². The second-order valence-electron chi connectivity index (χ2n) is 7.38. The number of anilines is 1. The molecule has 2 saturated heterocycles. The van der Waals surface area contributed by atoms with Crippen molar-refractivity contribution in [3.63, 3.8) is 0 Å². The zero-order chi connectivity index (χ0) is 21.5. The molecule has 158 valence electrons. The molecule has 0 saturated carbocycles. The standard InChI is InChI=1S/C21H21ClN2O4S2/c1-13-7-8-15(22)10-16(13)24-17-11-30(26,27)12-19(17)29-21(24)23-20(25)9-14-5-3-4-6-18(14)28-2/h3-8,10,17,19H,9,11-12H2,1-2H3/t17-,19+/m0/s1. The molecular formula is C21H21ClN2O4S2. The van der Waals surface area contributed by atoms with Crippen molar-refractivity contribution >= 4 is 50.0 Å². The fourth-order valence-electron chi connectivity index (χ4n) is 3.85. The minimum atomic E-state index is -3.13. The van der Waals surface area contributed by atoms with Crippen LogP contribution in [0.4, 0.5) is 5.69 Å². The third kappa shape index (κ3) is 4.22. The number of rotatable bonds is 4. The van der Waals surface area contributed by atoms with Gasteiger partial charge in [0.1, 0.15) is 5.75 Å². The molecule has 0 aromatic heterocycles. The minimum absolute atomic E-state index is 0.0380. The highest BCUT2D eigenvalue weighted by molar-refractivity contribution is 8.16. The smallest absolute Gasteiger partial charge is 0.252 e. The number of nitrogens with zero attached hydrogens (tertiary/aromatic N) is 2. The van der Waals surface area contributed by atoms with Crippen LogP contribution in [0.15, 0.2) is 47.5 Å². The molecule has 2 heterocycles. The van der Waals surface area contributed by atoms with E-state index in [1.54, 1.807) is 25.3 Å². The Morgan fingerprint density at radius 2 is 2.03 bits per heavy atom. The van der Waals surface area contributed by atoms with Gasteiger partial charge in [-0.3, -0.25) is 4.79 Å². The number of methoxy groups -OCH3 is 1. The molecule has 0 spiro atoms. The Labute approximate surface area is 185 Å². The van der Waals surface area contributed by atoms with Gasteiger partial charge < -0.3 is 9.64 Å². The van der Waals surface area contributed by atoms with Crippen LogP contribution in [0.3, 0.4) is 0 Å². The molecule has 2 atom stereocenters. The molecule has 0 N–H and O–H groups in total.